The van der Waals surface area contributed by atoms with Crippen LogP contribution in [0.15, 0.2) is 12.3 Å². The van der Waals surface area contributed by atoms with Crippen LogP contribution in [0.5, 0.6) is 0 Å². The molecule has 3 fully saturated rings. The maximum absolute atomic E-state index is 12.0. The van der Waals surface area contributed by atoms with Gasteiger partial charge in [0, 0.05) is 5.92 Å². The highest BCUT2D eigenvalue weighted by Gasteiger charge is 2.65. The highest BCUT2D eigenvalue weighted by Crippen LogP contribution is 2.63. The molecule has 2 saturated carbocycles. The third kappa shape index (κ3) is 1.26. The predicted octanol–water partition coefficient (Wildman–Crippen LogP) is 1.75. The lowest BCUT2D eigenvalue weighted by atomic mass is 9.68. The van der Waals surface area contributed by atoms with E-state index in [1.54, 1.807) is 0 Å². The minimum absolute atomic E-state index is 0.0365. The molecule has 1 heterocycles. The molecule has 0 aromatic heterocycles. The molecule has 3 rings (SSSR count). The summed E-state index contributed by atoms with van der Waals surface area (Å²) in [7, 11) is 1.43. The minimum atomic E-state index is -0.140. The molecule has 0 aromatic carbocycles. The predicted molar refractivity (Wildman–Crippen MR) is 63.1 cm³/mol. The fourth-order valence-electron chi connectivity index (χ4n) is 4.60. The summed E-state index contributed by atoms with van der Waals surface area (Å²) in [4.78, 5) is 23.8. The monoisotopic (exact) mass is 250 g/mol. The number of allylic oxidation sites excluding steroid dienone is 1. The number of fused-ring (bicyclic) bond motifs is 5. The van der Waals surface area contributed by atoms with Crippen molar-refractivity contribution in [3.63, 3.8) is 0 Å². The first-order chi connectivity index (χ1) is 8.60. The zero-order valence-electron chi connectivity index (χ0n) is 10.7. The van der Waals surface area contributed by atoms with Gasteiger partial charge in [-0.15, -0.1) is 0 Å². The topological polar surface area (TPSA) is 52.6 Å². The van der Waals surface area contributed by atoms with E-state index in [0.29, 0.717) is 5.76 Å². The summed E-state index contributed by atoms with van der Waals surface area (Å²) in [5.41, 5.74) is 0. The molecule has 18 heavy (non-hydrogen) atoms. The van der Waals surface area contributed by atoms with Gasteiger partial charge in [0.1, 0.15) is 5.76 Å². The Labute approximate surface area is 106 Å². The van der Waals surface area contributed by atoms with Crippen molar-refractivity contribution in [2.24, 2.45) is 35.5 Å². The summed E-state index contributed by atoms with van der Waals surface area (Å²) in [6.45, 7) is 5.92. The summed E-state index contributed by atoms with van der Waals surface area (Å²) in [6.07, 6.45) is 1.84. The fourth-order valence-corrected chi connectivity index (χ4v) is 4.60. The molecule has 2 aliphatic carbocycles. The standard InChI is InChI=1S/C14H18O4/c1-4-7-8-5-9(11(7)13(15)17-3)10-6(2)18-14(16)12(8)10/h7-12H,2,4-5H2,1,3H3. The van der Waals surface area contributed by atoms with Crippen LogP contribution < -0.4 is 0 Å². The number of carbonyl (C=O) groups excluding carboxylic acids is 2. The molecule has 98 valence electrons. The van der Waals surface area contributed by atoms with Gasteiger partial charge in [0.2, 0.25) is 0 Å². The third-order valence-electron chi connectivity index (χ3n) is 5.15. The van der Waals surface area contributed by atoms with Crippen LogP contribution in [0.25, 0.3) is 0 Å². The first-order valence-corrected chi connectivity index (χ1v) is 6.58. The molecule has 0 aromatic rings. The number of esters is 2. The lowest BCUT2D eigenvalue weighted by Crippen LogP contribution is -2.39. The van der Waals surface area contributed by atoms with Crippen molar-refractivity contribution < 1.29 is 19.1 Å². The Hall–Kier alpha value is -1.32. The van der Waals surface area contributed by atoms with Gasteiger partial charge in [0.15, 0.2) is 0 Å². The number of rotatable bonds is 2. The van der Waals surface area contributed by atoms with Gasteiger partial charge in [-0.2, -0.15) is 0 Å². The van der Waals surface area contributed by atoms with Crippen LogP contribution in [0.4, 0.5) is 0 Å². The average Bonchev–Trinajstić information content (AvgIpc) is 2.98. The third-order valence-corrected chi connectivity index (χ3v) is 5.15. The van der Waals surface area contributed by atoms with Crippen molar-refractivity contribution in [2.45, 2.75) is 19.8 Å². The van der Waals surface area contributed by atoms with Crippen molar-refractivity contribution in [3.8, 4) is 0 Å². The lowest BCUT2D eigenvalue weighted by molar-refractivity contribution is -0.152. The summed E-state index contributed by atoms with van der Waals surface area (Å²) in [6, 6.07) is 0. The SMILES string of the molecule is C=C1OC(=O)C2C3CC(C(C(=O)OC)C3CC)C12. The molecule has 0 amide bonds. The molecule has 0 spiro atoms. The molecule has 0 N–H and O–H groups in total. The largest absolute Gasteiger partial charge is 0.469 e. The van der Waals surface area contributed by atoms with Gasteiger partial charge in [-0.1, -0.05) is 19.9 Å². The van der Waals surface area contributed by atoms with E-state index in [0.717, 1.165) is 12.8 Å². The molecule has 4 heteroatoms. The maximum atomic E-state index is 12.0. The molecule has 3 aliphatic rings. The van der Waals surface area contributed by atoms with Crippen LogP contribution in [0, 0.1) is 35.5 Å². The van der Waals surface area contributed by atoms with Gasteiger partial charge in [-0.05, 0) is 24.2 Å². The summed E-state index contributed by atoms with van der Waals surface area (Å²) < 4.78 is 10.1. The van der Waals surface area contributed by atoms with Crippen LogP contribution in [0.1, 0.15) is 19.8 Å². The second kappa shape index (κ2) is 3.84. The first-order valence-electron chi connectivity index (χ1n) is 6.58. The molecular formula is C14H18O4. The van der Waals surface area contributed by atoms with Crippen molar-refractivity contribution in [1.82, 2.24) is 0 Å². The van der Waals surface area contributed by atoms with E-state index >= 15 is 0 Å². The van der Waals surface area contributed by atoms with Crippen LogP contribution in [-0.4, -0.2) is 19.0 Å². The summed E-state index contributed by atoms with van der Waals surface area (Å²) in [5, 5.41) is 0. The van der Waals surface area contributed by atoms with Gasteiger partial charge >= 0.3 is 11.9 Å². The maximum Gasteiger partial charge on any atom is 0.315 e. The Balaban J connectivity index is 1.96. The molecule has 2 bridgehead atoms. The molecule has 6 unspecified atom stereocenters. The van der Waals surface area contributed by atoms with Gasteiger partial charge < -0.3 is 9.47 Å². The van der Waals surface area contributed by atoms with Crippen molar-refractivity contribution in [3.05, 3.63) is 12.3 Å². The van der Waals surface area contributed by atoms with Crippen LogP contribution in [0.2, 0.25) is 0 Å². The molecule has 1 aliphatic heterocycles. The normalized spacial score (nSPS) is 45.0. The number of carbonyl (C=O) groups is 2. The molecule has 6 atom stereocenters. The Morgan fingerprint density at radius 2 is 2.17 bits per heavy atom. The first kappa shape index (κ1) is 11.8. The van der Waals surface area contributed by atoms with Crippen LogP contribution in [-0.2, 0) is 19.1 Å². The fraction of sp³-hybridized carbons (Fsp3) is 0.714. The van der Waals surface area contributed by atoms with Gasteiger partial charge in [0.25, 0.3) is 0 Å². The van der Waals surface area contributed by atoms with E-state index in [1.807, 2.05) is 0 Å². The Bertz CT molecular complexity index is 428. The van der Waals surface area contributed by atoms with Crippen LogP contribution in [0.3, 0.4) is 0 Å². The zero-order chi connectivity index (χ0) is 13.0. The number of cyclic esters (lactones) is 1. The van der Waals surface area contributed by atoms with E-state index in [1.165, 1.54) is 7.11 Å². The van der Waals surface area contributed by atoms with E-state index in [2.05, 4.69) is 13.5 Å². The summed E-state index contributed by atoms with van der Waals surface area (Å²) >= 11 is 0. The quantitative estimate of drug-likeness (QED) is 0.701. The summed E-state index contributed by atoms with van der Waals surface area (Å²) in [5.74, 6) is 0.861. The number of methoxy groups -OCH3 is 1. The highest BCUT2D eigenvalue weighted by molar-refractivity contribution is 5.81. The molecule has 0 radical (unpaired) electrons. The van der Waals surface area contributed by atoms with Gasteiger partial charge in [0.05, 0.1) is 18.9 Å². The second-order valence-electron chi connectivity index (χ2n) is 5.62. The number of ether oxygens (including phenoxy) is 2. The number of hydrogen-bond donors (Lipinski definition) is 0. The highest BCUT2D eigenvalue weighted by atomic mass is 16.5. The van der Waals surface area contributed by atoms with Crippen molar-refractivity contribution >= 4 is 11.9 Å². The minimum Gasteiger partial charge on any atom is -0.469 e. The molecular weight excluding hydrogens is 232 g/mol. The zero-order valence-corrected chi connectivity index (χ0v) is 10.7. The molecule has 1 saturated heterocycles. The van der Waals surface area contributed by atoms with Crippen LogP contribution >= 0.6 is 0 Å². The van der Waals surface area contributed by atoms with E-state index in [9.17, 15) is 9.59 Å². The lowest BCUT2D eigenvalue weighted by Gasteiger charge is -2.33. The van der Waals surface area contributed by atoms with Crippen molar-refractivity contribution in [2.75, 3.05) is 7.11 Å². The second-order valence-corrected chi connectivity index (χ2v) is 5.62. The number of hydrogen-bond acceptors (Lipinski definition) is 4. The van der Waals surface area contributed by atoms with E-state index < -0.39 is 0 Å². The smallest absolute Gasteiger partial charge is 0.315 e. The van der Waals surface area contributed by atoms with Crippen molar-refractivity contribution in [1.29, 1.82) is 0 Å². The Morgan fingerprint density at radius 1 is 1.44 bits per heavy atom. The van der Waals surface area contributed by atoms with Gasteiger partial charge in [-0.3, -0.25) is 9.59 Å². The average molecular weight is 250 g/mol. The van der Waals surface area contributed by atoms with Gasteiger partial charge in [-0.25, -0.2) is 0 Å². The van der Waals surface area contributed by atoms with E-state index in [-0.39, 0.29) is 47.4 Å². The Kier molecular flexibility index (Phi) is 2.50. The Morgan fingerprint density at radius 3 is 2.78 bits per heavy atom. The molecule has 4 nitrogen and oxygen atoms in total. The van der Waals surface area contributed by atoms with E-state index in [4.69, 9.17) is 9.47 Å².